The highest BCUT2D eigenvalue weighted by Gasteiger charge is 2.33. The first-order valence-electron chi connectivity index (χ1n) is 8.08. The summed E-state index contributed by atoms with van der Waals surface area (Å²) < 4.78 is 39.3. The van der Waals surface area contributed by atoms with Gasteiger partial charge in [0.05, 0.1) is 17.5 Å². The van der Waals surface area contributed by atoms with Crippen LogP contribution in [-0.2, 0) is 23.9 Å². The van der Waals surface area contributed by atoms with Gasteiger partial charge in [0.25, 0.3) is 0 Å². The summed E-state index contributed by atoms with van der Waals surface area (Å²) in [5, 5.41) is 0.919. The van der Waals surface area contributed by atoms with Crippen molar-refractivity contribution in [2.75, 3.05) is 7.05 Å². The Morgan fingerprint density at radius 1 is 1.00 bits per heavy atom. The monoisotopic (exact) mass is 358 g/mol. The van der Waals surface area contributed by atoms with Crippen molar-refractivity contribution in [3.8, 4) is 0 Å². The van der Waals surface area contributed by atoms with Gasteiger partial charge in [-0.05, 0) is 23.3 Å². The van der Waals surface area contributed by atoms with Gasteiger partial charge < -0.3 is 4.90 Å². The standard InChI is InChI=1S/C20H17F3N2O/c1-25(13-16-6-2-3-10-17(16)20(21,22)23)18(26)12-15-8-4-7-14-9-5-11-24-19(14)15/h2-11H,12-13H2,1H3. The highest BCUT2D eigenvalue weighted by molar-refractivity contribution is 5.87. The highest BCUT2D eigenvalue weighted by Crippen LogP contribution is 2.32. The number of nitrogens with zero attached hydrogens (tertiary/aromatic N) is 2. The number of hydrogen-bond donors (Lipinski definition) is 0. The summed E-state index contributed by atoms with van der Waals surface area (Å²) in [6.07, 6.45) is -2.71. The minimum Gasteiger partial charge on any atom is -0.341 e. The van der Waals surface area contributed by atoms with Gasteiger partial charge in [-0.3, -0.25) is 9.78 Å². The van der Waals surface area contributed by atoms with E-state index < -0.39 is 11.7 Å². The van der Waals surface area contributed by atoms with Gasteiger partial charge >= 0.3 is 6.18 Å². The van der Waals surface area contributed by atoms with Gasteiger partial charge in [0.2, 0.25) is 5.91 Å². The molecule has 3 aromatic rings. The Hall–Kier alpha value is -2.89. The molecule has 0 bridgehead atoms. The van der Waals surface area contributed by atoms with Crippen LogP contribution in [0.15, 0.2) is 60.8 Å². The van der Waals surface area contributed by atoms with Gasteiger partial charge in [-0.2, -0.15) is 13.2 Å². The van der Waals surface area contributed by atoms with Crippen LogP contribution in [-0.4, -0.2) is 22.8 Å². The van der Waals surface area contributed by atoms with E-state index in [1.807, 2.05) is 30.3 Å². The maximum absolute atomic E-state index is 13.1. The van der Waals surface area contributed by atoms with Crippen LogP contribution in [0.1, 0.15) is 16.7 Å². The molecule has 1 amide bonds. The zero-order valence-electron chi connectivity index (χ0n) is 14.1. The van der Waals surface area contributed by atoms with Crippen molar-refractivity contribution in [2.45, 2.75) is 19.1 Å². The maximum Gasteiger partial charge on any atom is 0.416 e. The summed E-state index contributed by atoms with van der Waals surface area (Å²) in [6.45, 7) is -0.104. The molecule has 0 unspecified atom stereocenters. The molecule has 0 radical (unpaired) electrons. The SMILES string of the molecule is CN(Cc1ccccc1C(F)(F)F)C(=O)Cc1cccc2cccnc12. The lowest BCUT2D eigenvalue weighted by Gasteiger charge is -2.20. The topological polar surface area (TPSA) is 33.2 Å². The number of pyridine rings is 1. The summed E-state index contributed by atoms with van der Waals surface area (Å²) in [4.78, 5) is 18.2. The molecule has 1 aromatic heterocycles. The van der Waals surface area contributed by atoms with E-state index in [4.69, 9.17) is 0 Å². The molecule has 0 fully saturated rings. The molecule has 0 atom stereocenters. The predicted octanol–water partition coefficient (Wildman–Crippen LogP) is 4.45. The molecule has 0 aliphatic rings. The number of aromatic nitrogens is 1. The van der Waals surface area contributed by atoms with Gasteiger partial charge in [-0.15, -0.1) is 0 Å². The van der Waals surface area contributed by atoms with Gasteiger partial charge in [-0.1, -0.05) is 42.5 Å². The predicted molar refractivity (Wildman–Crippen MR) is 93.4 cm³/mol. The van der Waals surface area contributed by atoms with Crippen LogP contribution in [0.2, 0.25) is 0 Å². The van der Waals surface area contributed by atoms with E-state index in [9.17, 15) is 18.0 Å². The van der Waals surface area contributed by atoms with Crippen LogP contribution < -0.4 is 0 Å². The summed E-state index contributed by atoms with van der Waals surface area (Å²) in [5.41, 5.74) is 0.842. The summed E-state index contributed by atoms with van der Waals surface area (Å²) >= 11 is 0. The smallest absolute Gasteiger partial charge is 0.341 e. The molecule has 1 heterocycles. The van der Waals surface area contributed by atoms with E-state index in [1.165, 1.54) is 30.1 Å². The second-order valence-corrected chi connectivity index (χ2v) is 6.07. The van der Waals surface area contributed by atoms with E-state index in [0.29, 0.717) is 0 Å². The maximum atomic E-state index is 13.1. The molecular formula is C20H17F3N2O. The molecular weight excluding hydrogens is 341 g/mol. The fourth-order valence-electron chi connectivity index (χ4n) is 2.89. The number of carbonyl (C=O) groups is 1. The van der Waals surface area contributed by atoms with Crippen molar-refractivity contribution >= 4 is 16.8 Å². The first kappa shape index (κ1) is 17.9. The zero-order chi connectivity index (χ0) is 18.7. The average Bonchev–Trinajstić information content (AvgIpc) is 2.61. The third-order valence-electron chi connectivity index (χ3n) is 4.21. The number of amides is 1. The molecule has 0 saturated heterocycles. The number of para-hydroxylation sites is 1. The molecule has 6 heteroatoms. The number of likely N-dealkylation sites (N-methyl/N-ethyl adjacent to an activating group) is 1. The molecule has 3 nitrogen and oxygen atoms in total. The molecule has 26 heavy (non-hydrogen) atoms. The largest absolute Gasteiger partial charge is 0.416 e. The van der Waals surface area contributed by atoms with Gasteiger partial charge in [0.15, 0.2) is 0 Å². The van der Waals surface area contributed by atoms with E-state index in [0.717, 1.165) is 22.5 Å². The van der Waals surface area contributed by atoms with Gasteiger partial charge in [-0.25, -0.2) is 0 Å². The second-order valence-electron chi connectivity index (χ2n) is 6.07. The molecule has 0 spiro atoms. The molecule has 0 aliphatic carbocycles. The summed E-state index contributed by atoms with van der Waals surface area (Å²) in [6, 6.07) is 14.6. The Labute approximate surface area is 149 Å². The number of fused-ring (bicyclic) bond motifs is 1. The van der Waals surface area contributed by atoms with Crippen molar-refractivity contribution in [3.63, 3.8) is 0 Å². The Kier molecular flexibility index (Phi) is 4.93. The lowest BCUT2D eigenvalue weighted by atomic mass is 10.0. The third kappa shape index (κ3) is 3.85. The number of alkyl halides is 3. The van der Waals surface area contributed by atoms with E-state index in [-0.39, 0.29) is 24.4 Å². The number of hydrogen-bond acceptors (Lipinski definition) is 2. The first-order valence-corrected chi connectivity index (χ1v) is 8.08. The Morgan fingerprint density at radius 2 is 1.69 bits per heavy atom. The van der Waals surface area contributed by atoms with Crippen molar-refractivity contribution in [3.05, 3.63) is 77.5 Å². The number of carbonyl (C=O) groups excluding carboxylic acids is 1. The average molecular weight is 358 g/mol. The molecule has 2 aromatic carbocycles. The van der Waals surface area contributed by atoms with Crippen molar-refractivity contribution in [2.24, 2.45) is 0 Å². The molecule has 3 rings (SSSR count). The van der Waals surface area contributed by atoms with Crippen LogP contribution in [0.4, 0.5) is 13.2 Å². The number of rotatable bonds is 4. The van der Waals surface area contributed by atoms with E-state index >= 15 is 0 Å². The molecule has 0 saturated carbocycles. The minimum atomic E-state index is -4.44. The van der Waals surface area contributed by atoms with Crippen molar-refractivity contribution in [1.29, 1.82) is 0 Å². The fourth-order valence-corrected chi connectivity index (χ4v) is 2.89. The van der Waals surface area contributed by atoms with E-state index in [1.54, 1.807) is 6.20 Å². The quantitative estimate of drug-likeness (QED) is 0.690. The van der Waals surface area contributed by atoms with Crippen molar-refractivity contribution < 1.29 is 18.0 Å². The Bertz CT molecular complexity index is 932. The fraction of sp³-hybridized carbons (Fsp3) is 0.200. The normalized spacial score (nSPS) is 11.5. The highest BCUT2D eigenvalue weighted by atomic mass is 19.4. The lowest BCUT2D eigenvalue weighted by Crippen LogP contribution is -2.29. The number of halogens is 3. The Balaban J connectivity index is 1.79. The summed E-state index contributed by atoms with van der Waals surface area (Å²) in [5.74, 6) is -0.264. The zero-order valence-corrected chi connectivity index (χ0v) is 14.1. The van der Waals surface area contributed by atoms with Crippen molar-refractivity contribution in [1.82, 2.24) is 9.88 Å². The second kappa shape index (κ2) is 7.15. The van der Waals surface area contributed by atoms with Crippen LogP contribution in [0.3, 0.4) is 0 Å². The van der Waals surface area contributed by atoms with Crippen LogP contribution in [0.5, 0.6) is 0 Å². The Morgan fingerprint density at radius 3 is 2.46 bits per heavy atom. The van der Waals surface area contributed by atoms with Gasteiger partial charge in [0, 0.05) is 25.2 Å². The third-order valence-corrected chi connectivity index (χ3v) is 4.21. The van der Waals surface area contributed by atoms with Crippen LogP contribution in [0, 0.1) is 0 Å². The van der Waals surface area contributed by atoms with Crippen LogP contribution in [0.25, 0.3) is 10.9 Å². The van der Waals surface area contributed by atoms with Gasteiger partial charge in [0.1, 0.15) is 0 Å². The number of benzene rings is 2. The summed E-state index contributed by atoms with van der Waals surface area (Å²) in [7, 11) is 1.51. The van der Waals surface area contributed by atoms with E-state index in [2.05, 4.69) is 4.98 Å². The minimum absolute atomic E-state index is 0.0758. The first-order chi connectivity index (χ1) is 12.4. The lowest BCUT2D eigenvalue weighted by molar-refractivity contribution is -0.139. The molecule has 0 aliphatic heterocycles. The molecule has 0 N–H and O–H groups in total. The molecule has 134 valence electrons. The van der Waals surface area contributed by atoms with Crippen LogP contribution >= 0.6 is 0 Å².